The number of piperidine rings is 1. The molecule has 3 aromatic heterocycles. The van der Waals surface area contributed by atoms with Crippen LogP contribution in [0.25, 0.3) is 16.9 Å². The average Bonchev–Trinajstić information content (AvgIpc) is 3.20. The van der Waals surface area contributed by atoms with Gasteiger partial charge in [0.15, 0.2) is 0 Å². The van der Waals surface area contributed by atoms with Crippen LogP contribution in [0.5, 0.6) is 0 Å². The van der Waals surface area contributed by atoms with Crippen molar-refractivity contribution in [2.24, 2.45) is 5.92 Å². The lowest BCUT2D eigenvalue weighted by Crippen LogP contribution is -2.38. The monoisotopic (exact) mass is 445 g/mol. The van der Waals surface area contributed by atoms with Gasteiger partial charge in [-0.15, -0.1) is 0 Å². The number of nitrogens with zero attached hydrogens (tertiary/aromatic N) is 4. The number of hydrogen-bond donors (Lipinski definition) is 1. The Balaban J connectivity index is 1.37. The summed E-state index contributed by atoms with van der Waals surface area (Å²) in [4.78, 5) is 24.7. The molecule has 5 rings (SSSR count). The molecule has 1 fully saturated rings. The van der Waals surface area contributed by atoms with Crippen molar-refractivity contribution in [3.8, 4) is 11.3 Å². The minimum absolute atomic E-state index is 0.0363. The molecule has 7 heteroatoms. The van der Waals surface area contributed by atoms with Crippen LogP contribution in [0.2, 0.25) is 5.02 Å². The van der Waals surface area contributed by atoms with E-state index in [2.05, 4.69) is 15.2 Å². The standard InChI is InChI=1S/C25H24ClN5O/c1-17-6-5-13-31-23(17)28-22(18-7-3-2-4-8-18)24(31)29-25(32)19-11-14-30(15-12-19)21-10-9-20(26)16-27-21/h2-10,13,16,19H,11-12,14-15H2,1H3,(H,29,32). The molecule has 0 atom stereocenters. The highest BCUT2D eigenvalue weighted by Crippen LogP contribution is 2.31. The summed E-state index contributed by atoms with van der Waals surface area (Å²) in [5.41, 5.74) is 3.69. The van der Waals surface area contributed by atoms with E-state index in [0.717, 1.165) is 60.0 Å². The Bertz CT molecular complexity index is 1240. The third-order valence-electron chi connectivity index (χ3n) is 6.04. The molecule has 32 heavy (non-hydrogen) atoms. The number of carbonyl (C=O) groups is 1. The minimum atomic E-state index is -0.0578. The molecule has 1 saturated heterocycles. The van der Waals surface area contributed by atoms with E-state index in [0.29, 0.717) is 5.02 Å². The van der Waals surface area contributed by atoms with Crippen molar-refractivity contribution in [3.05, 3.63) is 77.6 Å². The summed E-state index contributed by atoms with van der Waals surface area (Å²) < 4.78 is 1.97. The second-order valence-electron chi connectivity index (χ2n) is 8.15. The number of aryl methyl sites for hydroxylation is 1. The van der Waals surface area contributed by atoms with Crippen molar-refractivity contribution in [2.45, 2.75) is 19.8 Å². The van der Waals surface area contributed by atoms with Gasteiger partial charge in [0.05, 0.1) is 5.02 Å². The van der Waals surface area contributed by atoms with E-state index in [1.165, 1.54) is 0 Å². The summed E-state index contributed by atoms with van der Waals surface area (Å²) >= 11 is 5.95. The molecule has 1 aromatic carbocycles. The highest BCUT2D eigenvalue weighted by Gasteiger charge is 2.27. The average molecular weight is 446 g/mol. The second kappa shape index (κ2) is 8.63. The van der Waals surface area contributed by atoms with Gasteiger partial charge in [-0.05, 0) is 43.5 Å². The first kappa shape index (κ1) is 20.5. The van der Waals surface area contributed by atoms with Crippen LogP contribution in [0.4, 0.5) is 11.6 Å². The molecule has 0 radical (unpaired) electrons. The maximum absolute atomic E-state index is 13.3. The molecule has 1 amide bonds. The van der Waals surface area contributed by atoms with E-state index in [9.17, 15) is 4.79 Å². The summed E-state index contributed by atoms with van der Waals surface area (Å²) in [5.74, 6) is 1.60. The summed E-state index contributed by atoms with van der Waals surface area (Å²) in [7, 11) is 0. The molecule has 0 saturated carbocycles. The number of pyridine rings is 2. The highest BCUT2D eigenvalue weighted by atomic mass is 35.5. The van der Waals surface area contributed by atoms with Crippen molar-refractivity contribution >= 4 is 34.8 Å². The summed E-state index contributed by atoms with van der Waals surface area (Å²) in [5, 5.41) is 3.83. The van der Waals surface area contributed by atoms with Gasteiger partial charge in [-0.25, -0.2) is 9.97 Å². The number of nitrogens with one attached hydrogen (secondary N) is 1. The van der Waals surface area contributed by atoms with E-state index in [1.54, 1.807) is 6.20 Å². The number of imidazole rings is 1. The molecule has 4 heterocycles. The Labute approximate surface area is 191 Å². The van der Waals surface area contributed by atoms with Crippen LogP contribution in [0.1, 0.15) is 18.4 Å². The summed E-state index contributed by atoms with van der Waals surface area (Å²) in [6, 6.07) is 17.8. The third-order valence-corrected chi connectivity index (χ3v) is 6.26. The fourth-order valence-corrected chi connectivity index (χ4v) is 4.38. The number of carbonyl (C=O) groups excluding carboxylic acids is 1. The molecule has 1 aliphatic rings. The first-order chi connectivity index (χ1) is 15.6. The van der Waals surface area contributed by atoms with Crippen molar-refractivity contribution in [3.63, 3.8) is 0 Å². The van der Waals surface area contributed by atoms with Gasteiger partial charge >= 0.3 is 0 Å². The largest absolute Gasteiger partial charge is 0.357 e. The molecular formula is C25H24ClN5O. The SMILES string of the molecule is Cc1cccn2c(NC(=O)C3CCN(c4ccc(Cl)cn4)CC3)c(-c3ccccc3)nc12. The van der Waals surface area contributed by atoms with Crippen molar-refractivity contribution in [1.29, 1.82) is 0 Å². The first-order valence-corrected chi connectivity index (χ1v) is 11.2. The van der Waals surface area contributed by atoms with Crippen molar-refractivity contribution < 1.29 is 4.79 Å². The third kappa shape index (κ3) is 3.94. The van der Waals surface area contributed by atoms with Crippen LogP contribution in [0, 0.1) is 12.8 Å². The van der Waals surface area contributed by atoms with Crippen LogP contribution < -0.4 is 10.2 Å². The van der Waals surface area contributed by atoms with Crippen LogP contribution in [0.15, 0.2) is 67.0 Å². The number of benzene rings is 1. The number of amides is 1. The van der Waals surface area contributed by atoms with Crippen molar-refractivity contribution in [2.75, 3.05) is 23.3 Å². The van der Waals surface area contributed by atoms with E-state index in [1.807, 2.05) is 72.1 Å². The fourth-order valence-electron chi connectivity index (χ4n) is 4.27. The zero-order valence-electron chi connectivity index (χ0n) is 17.8. The number of aromatic nitrogens is 3. The number of halogens is 1. The van der Waals surface area contributed by atoms with Gasteiger partial charge in [-0.2, -0.15) is 0 Å². The topological polar surface area (TPSA) is 62.5 Å². The Morgan fingerprint density at radius 3 is 2.56 bits per heavy atom. The quantitative estimate of drug-likeness (QED) is 0.468. The maximum atomic E-state index is 13.3. The van der Waals surface area contributed by atoms with Crippen molar-refractivity contribution in [1.82, 2.24) is 14.4 Å². The lowest BCUT2D eigenvalue weighted by atomic mass is 9.96. The van der Waals surface area contributed by atoms with Gasteiger partial charge in [-0.1, -0.05) is 48.0 Å². The Morgan fingerprint density at radius 2 is 1.84 bits per heavy atom. The smallest absolute Gasteiger partial charge is 0.228 e. The molecular weight excluding hydrogens is 422 g/mol. The number of fused-ring (bicyclic) bond motifs is 1. The molecule has 0 bridgehead atoms. The highest BCUT2D eigenvalue weighted by molar-refractivity contribution is 6.30. The fraction of sp³-hybridized carbons (Fsp3) is 0.240. The summed E-state index contributed by atoms with van der Waals surface area (Å²) in [6.45, 7) is 3.60. The van der Waals surface area contributed by atoms with E-state index in [-0.39, 0.29) is 11.8 Å². The van der Waals surface area contributed by atoms with Gasteiger partial charge in [0.1, 0.15) is 23.0 Å². The van der Waals surface area contributed by atoms with Gasteiger partial charge in [0.2, 0.25) is 5.91 Å². The molecule has 0 aliphatic carbocycles. The zero-order chi connectivity index (χ0) is 22.1. The molecule has 1 aliphatic heterocycles. The number of hydrogen-bond acceptors (Lipinski definition) is 4. The van der Waals surface area contributed by atoms with E-state index >= 15 is 0 Å². The summed E-state index contributed by atoms with van der Waals surface area (Å²) in [6.07, 6.45) is 5.15. The van der Waals surface area contributed by atoms with Gasteiger partial charge < -0.3 is 10.2 Å². The second-order valence-corrected chi connectivity index (χ2v) is 8.58. The Morgan fingerprint density at radius 1 is 1.06 bits per heavy atom. The molecule has 4 aromatic rings. The minimum Gasteiger partial charge on any atom is -0.357 e. The first-order valence-electron chi connectivity index (χ1n) is 10.8. The molecule has 0 spiro atoms. The normalized spacial score (nSPS) is 14.6. The lowest BCUT2D eigenvalue weighted by Gasteiger charge is -2.32. The zero-order valence-corrected chi connectivity index (χ0v) is 18.6. The lowest BCUT2D eigenvalue weighted by molar-refractivity contribution is -0.120. The number of anilines is 2. The van der Waals surface area contributed by atoms with Crippen LogP contribution in [-0.4, -0.2) is 33.4 Å². The van der Waals surface area contributed by atoms with Crippen LogP contribution >= 0.6 is 11.6 Å². The molecule has 6 nitrogen and oxygen atoms in total. The molecule has 1 N–H and O–H groups in total. The predicted molar refractivity (Wildman–Crippen MR) is 128 cm³/mol. The number of rotatable bonds is 4. The molecule has 0 unspecified atom stereocenters. The van der Waals surface area contributed by atoms with Gasteiger partial charge in [0.25, 0.3) is 0 Å². The maximum Gasteiger partial charge on any atom is 0.228 e. The molecule has 162 valence electrons. The van der Waals surface area contributed by atoms with Crippen LogP contribution in [-0.2, 0) is 4.79 Å². The Kier molecular flexibility index (Phi) is 5.53. The van der Waals surface area contributed by atoms with E-state index in [4.69, 9.17) is 16.6 Å². The van der Waals surface area contributed by atoms with Crippen LogP contribution in [0.3, 0.4) is 0 Å². The Hall–Kier alpha value is -3.38. The van der Waals surface area contributed by atoms with E-state index < -0.39 is 0 Å². The van der Waals surface area contributed by atoms with Gasteiger partial charge in [-0.3, -0.25) is 9.20 Å². The predicted octanol–water partition coefficient (Wildman–Crippen LogP) is 5.21. The van der Waals surface area contributed by atoms with Gasteiger partial charge in [0, 0.05) is 37.0 Å².